The first-order valence-corrected chi connectivity index (χ1v) is 17.4. The van der Waals surface area contributed by atoms with E-state index < -0.39 is 11.9 Å². The third-order valence-corrected chi connectivity index (χ3v) is 8.69. The van der Waals surface area contributed by atoms with E-state index in [0.29, 0.717) is 54.6 Å². The molecule has 1 heterocycles. The Hall–Kier alpha value is -5.51. The molecule has 1 amide bonds. The van der Waals surface area contributed by atoms with E-state index in [-0.39, 0.29) is 32.1 Å². The molecule has 0 saturated heterocycles. The van der Waals surface area contributed by atoms with Crippen LogP contribution in [0.15, 0.2) is 84.9 Å². The Morgan fingerprint density at radius 2 is 1.47 bits per heavy atom. The summed E-state index contributed by atoms with van der Waals surface area (Å²) in [5.74, 6) is 0.736. The van der Waals surface area contributed by atoms with Gasteiger partial charge in [0, 0.05) is 32.0 Å². The zero-order valence-electron chi connectivity index (χ0n) is 29.0. The molecule has 0 aromatic heterocycles. The second-order valence-corrected chi connectivity index (χ2v) is 12.6. The summed E-state index contributed by atoms with van der Waals surface area (Å²) >= 11 is 0. The van der Waals surface area contributed by atoms with E-state index in [9.17, 15) is 19.5 Å². The van der Waals surface area contributed by atoms with Crippen LogP contribution in [0, 0.1) is 0 Å². The van der Waals surface area contributed by atoms with Crippen LogP contribution in [0.25, 0.3) is 11.1 Å². The van der Waals surface area contributed by atoms with Gasteiger partial charge in [0.25, 0.3) is 5.91 Å². The van der Waals surface area contributed by atoms with E-state index in [1.165, 1.54) is 0 Å². The average molecular weight is 696 g/mol. The number of aliphatic carboxylic acids is 2. The number of amides is 1. The SMILES string of the molecule is CN(Cc1ccccc1)C(=O)c1cc(OCCCCCCc2cccc(OCCCC(=O)O)c2CCC(=O)O)cc(-c2ccc3c(c2)OCO3)c1. The van der Waals surface area contributed by atoms with E-state index in [1.807, 2.05) is 78.9 Å². The molecule has 1 aliphatic heterocycles. The van der Waals surface area contributed by atoms with Gasteiger partial charge >= 0.3 is 11.9 Å². The molecule has 268 valence electrons. The third kappa shape index (κ3) is 11.0. The summed E-state index contributed by atoms with van der Waals surface area (Å²) in [7, 11) is 1.80. The lowest BCUT2D eigenvalue weighted by Gasteiger charge is -2.19. The van der Waals surface area contributed by atoms with Gasteiger partial charge in [0.15, 0.2) is 11.5 Å². The van der Waals surface area contributed by atoms with Crippen LogP contribution in [0.5, 0.6) is 23.0 Å². The highest BCUT2D eigenvalue weighted by atomic mass is 16.7. The fourth-order valence-corrected chi connectivity index (χ4v) is 6.06. The molecule has 0 fully saturated rings. The van der Waals surface area contributed by atoms with Gasteiger partial charge in [-0.1, -0.05) is 61.4 Å². The van der Waals surface area contributed by atoms with Crippen molar-refractivity contribution >= 4 is 17.8 Å². The second-order valence-electron chi connectivity index (χ2n) is 12.6. The molecule has 51 heavy (non-hydrogen) atoms. The smallest absolute Gasteiger partial charge is 0.303 e. The lowest BCUT2D eigenvalue weighted by Crippen LogP contribution is -2.26. The van der Waals surface area contributed by atoms with Gasteiger partial charge in [-0.2, -0.15) is 0 Å². The number of hydrogen-bond acceptors (Lipinski definition) is 7. The maximum absolute atomic E-state index is 13.6. The molecular weight excluding hydrogens is 650 g/mol. The summed E-state index contributed by atoms with van der Waals surface area (Å²) in [5, 5.41) is 18.2. The molecule has 1 aliphatic rings. The molecule has 10 heteroatoms. The Bertz CT molecular complexity index is 1790. The lowest BCUT2D eigenvalue weighted by molar-refractivity contribution is -0.138. The van der Waals surface area contributed by atoms with E-state index in [2.05, 4.69) is 0 Å². The predicted molar refractivity (Wildman–Crippen MR) is 193 cm³/mol. The molecule has 4 aromatic rings. The summed E-state index contributed by atoms with van der Waals surface area (Å²) in [5.41, 5.74) is 5.24. The molecule has 0 spiro atoms. The van der Waals surface area contributed by atoms with Crippen LogP contribution in [-0.2, 0) is 29.0 Å². The molecule has 0 bridgehead atoms. The zero-order valence-corrected chi connectivity index (χ0v) is 29.0. The fraction of sp³-hybridized carbons (Fsp3) is 0.341. The van der Waals surface area contributed by atoms with Gasteiger partial charge in [-0.05, 0) is 96.3 Å². The van der Waals surface area contributed by atoms with Crippen LogP contribution in [0.4, 0.5) is 0 Å². The number of rotatable bonds is 20. The summed E-state index contributed by atoms with van der Waals surface area (Å²) in [6.07, 6.45) is 5.15. The molecule has 10 nitrogen and oxygen atoms in total. The highest BCUT2D eigenvalue weighted by molar-refractivity contribution is 5.96. The second kappa shape index (κ2) is 18.5. The molecule has 0 aliphatic carbocycles. The van der Waals surface area contributed by atoms with Gasteiger partial charge in [-0.3, -0.25) is 14.4 Å². The van der Waals surface area contributed by atoms with Crippen LogP contribution in [0.2, 0.25) is 0 Å². The van der Waals surface area contributed by atoms with E-state index in [0.717, 1.165) is 59.9 Å². The summed E-state index contributed by atoms with van der Waals surface area (Å²) < 4.78 is 23.2. The van der Waals surface area contributed by atoms with Crippen molar-refractivity contribution < 1.29 is 43.5 Å². The fourth-order valence-electron chi connectivity index (χ4n) is 6.06. The van der Waals surface area contributed by atoms with Crippen molar-refractivity contribution in [3.8, 4) is 34.1 Å². The first-order valence-electron chi connectivity index (χ1n) is 17.4. The quantitative estimate of drug-likeness (QED) is 0.0889. The molecule has 0 saturated carbocycles. The molecular formula is C41H45NO9. The van der Waals surface area contributed by atoms with E-state index in [4.69, 9.17) is 24.1 Å². The number of carbonyl (C=O) groups is 3. The van der Waals surface area contributed by atoms with E-state index in [1.54, 1.807) is 18.0 Å². The maximum Gasteiger partial charge on any atom is 0.303 e. The van der Waals surface area contributed by atoms with Crippen LogP contribution < -0.4 is 18.9 Å². The minimum absolute atomic E-state index is 0.00761. The number of carboxylic acids is 2. The topological polar surface area (TPSA) is 132 Å². The Morgan fingerprint density at radius 1 is 0.706 bits per heavy atom. The van der Waals surface area contributed by atoms with Crippen molar-refractivity contribution in [3.63, 3.8) is 0 Å². The maximum atomic E-state index is 13.6. The molecule has 5 rings (SSSR count). The van der Waals surface area contributed by atoms with Crippen molar-refractivity contribution in [3.05, 3.63) is 107 Å². The number of carbonyl (C=O) groups excluding carboxylic acids is 1. The van der Waals surface area contributed by atoms with E-state index >= 15 is 0 Å². The van der Waals surface area contributed by atoms with Crippen molar-refractivity contribution in [1.29, 1.82) is 0 Å². The Labute approximate surface area is 298 Å². The van der Waals surface area contributed by atoms with Gasteiger partial charge in [-0.25, -0.2) is 0 Å². The minimum Gasteiger partial charge on any atom is -0.494 e. The predicted octanol–water partition coefficient (Wildman–Crippen LogP) is 7.80. The molecule has 2 N–H and O–H groups in total. The Morgan fingerprint density at radius 3 is 2.27 bits per heavy atom. The van der Waals surface area contributed by atoms with Crippen molar-refractivity contribution in [1.82, 2.24) is 4.90 Å². The van der Waals surface area contributed by atoms with Gasteiger partial charge < -0.3 is 34.1 Å². The van der Waals surface area contributed by atoms with Crippen molar-refractivity contribution in [2.75, 3.05) is 27.1 Å². The highest BCUT2D eigenvalue weighted by Gasteiger charge is 2.18. The standard InChI is InChI=1S/C41H45NO9/c1-42(27-29-11-5-4-6-12-29)41(47)33-23-32(31-17-19-37-38(26-31)51-28-50-37)24-34(25-33)48-21-8-3-2-7-13-30-14-9-15-36(35(30)18-20-40(45)46)49-22-10-16-39(43)44/h4-6,9,11-12,14-15,17,19,23-26H,2-3,7-8,10,13,16,18,20-22,27-28H2,1H3,(H,43,44)(H,45,46). The Kier molecular flexibility index (Phi) is 13.3. The molecule has 4 aromatic carbocycles. The number of aryl methyl sites for hydroxylation is 1. The van der Waals surface area contributed by atoms with Crippen LogP contribution in [0.1, 0.15) is 72.0 Å². The number of nitrogens with zero attached hydrogens (tertiary/aromatic N) is 1. The normalized spacial score (nSPS) is 11.6. The van der Waals surface area contributed by atoms with Gasteiger partial charge in [0.1, 0.15) is 11.5 Å². The van der Waals surface area contributed by atoms with Gasteiger partial charge in [0.2, 0.25) is 6.79 Å². The first-order chi connectivity index (χ1) is 24.8. The average Bonchev–Trinajstić information content (AvgIpc) is 3.60. The lowest BCUT2D eigenvalue weighted by atomic mass is 9.97. The Balaban J connectivity index is 1.18. The van der Waals surface area contributed by atoms with Crippen LogP contribution in [-0.4, -0.2) is 60.0 Å². The van der Waals surface area contributed by atoms with Crippen LogP contribution >= 0.6 is 0 Å². The van der Waals surface area contributed by atoms with Gasteiger partial charge in [0.05, 0.1) is 13.2 Å². The highest BCUT2D eigenvalue weighted by Crippen LogP contribution is 2.37. The molecule has 0 radical (unpaired) electrons. The van der Waals surface area contributed by atoms with Crippen molar-refractivity contribution in [2.24, 2.45) is 0 Å². The van der Waals surface area contributed by atoms with Gasteiger partial charge in [-0.15, -0.1) is 0 Å². The van der Waals surface area contributed by atoms with Crippen LogP contribution in [0.3, 0.4) is 0 Å². The number of ether oxygens (including phenoxy) is 4. The summed E-state index contributed by atoms with van der Waals surface area (Å²) in [6.45, 7) is 1.41. The number of benzene rings is 4. The molecule has 0 atom stereocenters. The first kappa shape index (κ1) is 36.8. The minimum atomic E-state index is -0.876. The molecule has 0 unspecified atom stereocenters. The number of fused-ring (bicyclic) bond motifs is 1. The third-order valence-electron chi connectivity index (χ3n) is 8.69. The summed E-state index contributed by atoms with van der Waals surface area (Å²) in [6, 6.07) is 27.0. The number of hydrogen-bond donors (Lipinski definition) is 2. The monoisotopic (exact) mass is 695 g/mol. The zero-order chi connectivity index (χ0) is 36.0. The van der Waals surface area contributed by atoms with Crippen molar-refractivity contribution in [2.45, 2.75) is 64.3 Å². The largest absolute Gasteiger partial charge is 0.494 e. The number of unbranched alkanes of at least 4 members (excludes halogenated alkanes) is 3. The number of carboxylic acid groups (broad SMARTS) is 2. The summed E-state index contributed by atoms with van der Waals surface area (Å²) in [4.78, 5) is 37.5.